The topological polar surface area (TPSA) is 55.0 Å². The quantitative estimate of drug-likeness (QED) is 0.684. The van der Waals surface area contributed by atoms with Gasteiger partial charge >= 0.3 is 0 Å². The zero-order valence-corrected chi connectivity index (χ0v) is 15.3. The first-order chi connectivity index (χ1) is 13.2. The number of methoxy groups -OCH3 is 1. The smallest absolute Gasteiger partial charge is 0.274 e. The molecule has 1 unspecified atom stereocenters. The van der Waals surface area contributed by atoms with Gasteiger partial charge in [-0.15, -0.1) is 0 Å². The summed E-state index contributed by atoms with van der Waals surface area (Å²) in [4.78, 5) is 13.2. The summed E-state index contributed by atoms with van der Waals surface area (Å²) in [5.41, 5.74) is 3.59. The largest absolute Gasteiger partial charge is 0.497 e. The van der Waals surface area contributed by atoms with E-state index in [2.05, 4.69) is 5.10 Å². The number of ether oxygens (including phenoxy) is 1. The van der Waals surface area contributed by atoms with Crippen LogP contribution in [-0.4, -0.2) is 23.7 Å². The molecule has 3 aromatic rings. The van der Waals surface area contributed by atoms with Gasteiger partial charge < -0.3 is 9.15 Å². The molecule has 1 aliphatic heterocycles. The molecule has 4 rings (SSSR count). The highest BCUT2D eigenvalue weighted by molar-refractivity contribution is 6.05. The second kappa shape index (κ2) is 7.11. The number of furan rings is 1. The molecule has 1 atom stereocenters. The molecule has 0 radical (unpaired) electrons. The molecule has 136 valence electrons. The van der Waals surface area contributed by atoms with Gasteiger partial charge in [-0.1, -0.05) is 35.9 Å². The van der Waals surface area contributed by atoms with Crippen LogP contribution in [0.2, 0.25) is 0 Å². The van der Waals surface area contributed by atoms with Crippen molar-refractivity contribution < 1.29 is 13.9 Å². The van der Waals surface area contributed by atoms with Crippen molar-refractivity contribution in [1.82, 2.24) is 5.01 Å². The molecule has 1 amide bonds. The van der Waals surface area contributed by atoms with Crippen molar-refractivity contribution >= 4 is 11.6 Å². The monoisotopic (exact) mass is 360 g/mol. The summed E-state index contributed by atoms with van der Waals surface area (Å²) in [5, 5.41) is 6.17. The summed E-state index contributed by atoms with van der Waals surface area (Å²) in [7, 11) is 1.58. The molecule has 0 spiro atoms. The van der Waals surface area contributed by atoms with Crippen molar-refractivity contribution in [3.63, 3.8) is 0 Å². The Morgan fingerprint density at radius 3 is 2.67 bits per heavy atom. The first kappa shape index (κ1) is 17.1. The minimum atomic E-state index is -0.269. The van der Waals surface area contributed by atoms with Gasteiger partial charge in [0.05, 0.1) is 19.1 Å². The average Bonchev–Trinajstić information content (AvgIpc) is 3.37. The first-order valence-electron chi connectivity index (χ1n) is 8.81. The van der Waals surface area contributed by atoms with Crippen LogP contribution in [0.1, 0.15) is 39.7 Å². The molecule has 0 aliphatic carbocycles. The number of rotatable bonds is 4. The second-order valence-corrected chi connectivity index (χ2v) is 6.53. The van der Waals surface area contributed by atoms with E-state index < -0.39 is 0 Å². The summed E-state index contributed by atoms with van der Waals surface area (Å²) in [6.45, 7) is 2.05. The SMILES string of the molecule is COc1cccc(C(=O)N2N=C(c3ccc(C)cc3)CC2c2ccco2)c1. The van der Waals surface area contributed by atoms with Gasteiger partial charge in [-0.3, -0.25) is 4.79 Å². The molecule has 5 nitrogen and oxygen atoms in total. The van der Waals surface area contributed by atoms with Crippen LogP contribution in [0.25, 0.3) is 0 Å². The Kier molecular flexibility index (Phi) is 4.50. The molecule has 0 N–H and O–H groups in total. The number of hydrogen-bond acceptors (Lipinski definition) is 4. The summed E-state index contributed by atoms with van der Waals surface area (Å²) >= 11 is 0. The minimum Gasteiger partial charge on any atom is -0.497 e. The number of carbonyl (C=O) groups is 1. The maximum atomic E-state index is 13.2. The van der Waals surface area contributed by atoms with Gasteiger partial charge in [0.15, 0.2) is 0 Å². The molecular weight excluding hydrogens is 340 g/mol. The van der Waals surface area contributed by atoms with Crippen LogP contribution in [0.5, 0.6) is 5.75 Å². The van der Waals surface area contributed by atoms with Crippen LogP contribution in [0, 0.1) is 6.92 Å². The fourth-order valence-electron chi connectivity index (χ4n) is 3.21. The third kappa shape index (κ3) is 3.36. The standard InChI is InChI=1S/C22H20N2O3/c1-15-8-10-16(11-9-15)19-14-20(21-7-4-12-27-21)24(23-19)22(25)17-5-3-6-18(13-17)26-2/h3-13,20H,14H2,1-2H3. The predicted molar refractivity (Wildman–Crippen MR) is 103 cm³/mol. The van der Waals surface area contributed by atoms with E-state index in [4.69, 9.17) is 9.15 Å². The van der Waals surface area contributed by atoms with E-state index >= 15 is 0 Å². The Morgan fingerprint density at radius 1 is 1.15 bits per heavy atom. The van der Waals surface area contributed by atoms with Gasteiger partial charge in [0.2, 0.25) is 0 Å². The number of nitrogens with zero attached hydrogens (tertiary/aromatic N) is 2. The number of hydrazone groups is 1. The molecule has 27 heavy (non-hydrogen) atoms. The Morgan fingerprint density at radius 2 is 1.96 bits per heavy atom. The highest BCUT2D eigenvalue weighted by atomic mass is 16.5. The Balaban J connectivity index is 1.71. The van der Waals surface area contributed by atoms with Gasteiger partial charge in [-0.2, -0.15) is 5.10 Å². The van der Waals surface area contributed by atoms with Gasteiger partial charge in [-0.05, 0) is 42.8 Å². The van der Waals surface area contributed by atoms with Crippen molar-refractivity contribution in [2.75, 3.05) is 7.11 Å². The molecule has 2 aromatic carbocycles. The van der Waals surface area contributed by atoms with Gasteiger partial charge in [0.1, 0.15) is 17.6 Å². The maximum absolute atomic E-state index is 13.2. The number of amides is 1. The molecule has 1 aliphatic rings. The highest BCUT2D eigenvalue weighted by Crippen LogP contribution is 2.34. The van der Waals surface area contributed by atoms with Crippen LogP contribution >= 0.6 is 0 Å². The predicted octanol–water partition coefficient (Wildman–Crippen LogP) is 4.59. The van der Waals surface area contributed by atoms with Crippen LogP contribution in [-0.2, 0) is 0 Å². The molecule has 0 saturated heterocycles. The Labute approximate surface area is 157 Å². The zero-order chi connectivity index (χ0) is 18.8. The van der Waals surface area contributed by atoms with E-state index in [1.54, 1.807) is 31.6 Å². The van der Waals surface area contributed by atoms with Gasteiger partial charge in [-0.25, -0.2) is 5.01 Å². The van der Waals surface area contributed by atoms with Crippen LogP contribution < -0.4 is 4.74 Å². The third-order valence-electron chi connectivity index (χ3n) is 4.69. The molecule has 1 aromatic heterocycles. The maximum Gasteiger partial charge on any atom is 0.274 e. The summed E-state index contributed by atoms with van der Waals surface area (Å²) < 4.78 is 10.8. The van der Waals surface area contributed by atoms with Crippen molar-refractivity contribution in [3.8, 4) is 5.75 Å². The number of hydrogen-bond donors (Lipinski definition) is 0. The van der Waals surface area contributed by atoms with E-state index in [0.717, 1.165) is 17.0 Å². The lowest BCUT2D eigenvalue weighted by atomic mass is 10.0. The number of benzene rings is 2. The highest BCUT2D eigenvalue weighted by Gasteiger charge is 2.35. The van der Waals surface area contributed by atoms with E-state index in [-0.39, 0.29) is 11.9 Å². The summed E-state index contributed by atoms with van der Waals surface area (Å²) in [5.74, 6) is 1.17. The Hall–Kier alpha value is -3.34. The van der Waals surface area contributed by atoms with Crippen LogP contribution in [0.15, 0.2) is 76.4 Å². The second-order valence-electron chi connectivity index (χ2n) is 6.53. The summed E-state index contributed by atoms with van der Waals surface area (Å²) in [6.07, 6.45) is 2.22. The van der Waals surface area contributed by atoms with E-state index in [9.17, 15) is 4.79 Å². The molecule has 0 bridgehead atoms. The first-order valence-corrected chi connectivity index (χ1v) is 8.81. The molecule has 0 saturated carbocycles. The summed E-state index contributed by atoms with van der Waals surface area (Å²) in [6, 6.07) is 18.7. The Bertz CT molecular complexity index is 975. The van der Waals surface area contributed by atoms with Gasteiger partial charge in [0, 0.05) is 12.0 Å². The molecule has 2 heterocycles. The third-order valence-corrected chi connectivity index (χ3v) is 4.69. The van der Waals surface area contributed by atoms with E-state index in [0.29, 0.717) is 17.7 Å². The van der Waals surface area contributed by atoms with Crippen molar-refractivity contribution in [2.45, 2.75) is 19.4 Å². The van der Waals surface area contributed by atoms with Crippen molar-refractivity contribution in [1.29, 1.82) is 0 Å². The minimum absolute atomic E-state index is 0.183. The zero-order valence-electron chi connectivity index (χ0n) is 15.3. The van der Waals surface area contributed by atoms with Gasteiger partial charge in [0.25, 0.3) is 5.91 Å². The number of aryl methyl sites for hydroxylation is 1. The van der Waals surface area contributed by atoms with Crippen LogP contribution in [0.3, 0.4) is 0 Å². The fraction of sp³-hybridized carbons (Fsp3) is 0.182. The normalized spacial score (nSPS) is 16.3. The van der Waals surface area contributed by atoms with Crippen molar-refractivity contribution in [2.24, 2.45) is 5.10 Å². The molecule has 5 heteroatoms. The molecular formula is C22H20N2O3. The van der Waals surface area contributed by atoms with E-state index in [1.165, 1.54) is 10.6 Å². The lowest BCUT2D eigenvalue weighted by Gasteiger charge is -2.20. The van der Waals surface area contributed by atoms with Crippen molar-refractivity contribution in [3.05, 3.63) is 89.4 Å². The fourth-order valence-corrected chi connectivity index (χ4v) is 3.21. The van der Waals surface area contributed by atoms with E-state index in [1.807, 2.05) is 49.4 Å². The average molecular weight is 360 g/mol. The molecule has 0 fully saturated rings. The number of carbonyl (C=O) groups excluding carboxylic acids is 1. The van der Waals surface area contributed by atoms with Crippen LogP contribution in [0.4, 0.5) is 0 Å². The lowest BCUT2D eigenvalue weighted by Crippen LogP contribution is -2.26. The lowest BCUT2D eigenvalue weighted by molar-refractivity contribution is 0.0692.